The zero-order chi connectivity index (χ0) is 38.3. The van der Waals surface area contributed by atoms with Crippen molar-refractivity contribution >= 4 is 52.1 Å². The first-order valence-corrected chi connectivity index (χ1v) is 19.4. The molecule has 0 aliphatic carbocycles. The van der Waals surface area contributed by atoms with Gasteiger partial charge in [0.2, 0.25) is 17.7 Å². The molecule has 54 heavy (non-hydrogen) atoms. The third-order valence-electron chi connectivity index (χ3n) is 8.77. The number of nitrogens with one attached hydrogen (secondary N) is 1. The number of rotatable bonds is 12. The van der Waals surface area contributed by atoms with Gasteiger partial charge in [0.15, 0.2) is 5.17 Å². The molecule has 0 radical (unpaired) electrons. The molecule has 6 rings (SSSR count). The maximum atomic E-state index is 13.8. The molecule has 284 valence electrons. The van der Waals surface area contributed by atoms with Crippen molar-refractivity contribution in [2.75, 3.05) is 31.2 Å². The lowest BCUT2D eigenvalue weighted by atomic mass is 10.2. The van der Waals surface area contributed by atoms with Crippen LogP contribution in [-0.4, -0.2) is 81.4 Å². The number of morpholine rings is 1. The van der Waals surface area contributed by atoms with Crippen LogP contribution in [-0.2, 0) is 37.0 Å². The first-order valence-electron chi connectivity index (χ1n) is 18.5. The predicted molar refractivity (Wildman–Crippen MR) is 211 cm³/mol. The van der Waals surface area contributed by atoms with E-state index in [2.05, 4.69) is 15.2 Å². The van der Waals surface area contributed by atoms with E-state index in [1.807, 2.05) is 106 Å². The van der Waals surface area contributed by atoms with Gasteiger partial charge in [0, 0.05) is 37.1 Å². The monoisotopic (exact) mass is 752 g/mol. The standard InChI is InChI=1S/C39H42N6O6S.C2H6/c1-2-9-29(41-36(47)33-19-20-35(46)45(33)39(49)51-27-28-10-4-3-5-11-28)13-8-14-34-37(48)44(26-31-12-6-7-21-40-31)38(52-34)42-30-15-17-32(18-16-30)43-22-24-50-25-23-43;1-2/h3-13,15-18,21,33-34H,2,14,19-20,22-27H2,1H3,(H,41,47);1-2H3/b13-8-,29-9+,42-38?;/t33-,34?;/m0./s1. The highest BCUT2D eigenvalue weighted by Gasteiger charge is 2.41. The van der Waals surface area contributed by atoms with Crippen molar-refractivity contribution < 1.29 is 28.7 Å². The summed E-state index contributed by atoms with van der Waals surface area (Å²) in [6.45, 7) is 9.31. The number of likely N-dealkylation sites (tertiary alicyclic amines) is 1. The molecule has 3 fully saturated rings. The first-order chi connectivity index (χ1) is 26.4. The van der Waals surface area contributed by atoms with Crippen LogP contribution in [0.25, 0.3) is 0 Å². The fourth-order valence-electron chi connectivity index (χ4n) is 6.09. The van der Waals surface area contributed by atoms with Crippen molar-refractivity contribution in [1.29, 1.82) is 0 Å². The molecule has 12 nitrogen and oxygen atoms in total. The van der Waals surface area contributed by atoms with Gasteiger partial charge in [-0.2, -0.15) is 0 Å². The second kappa shape index (κ2) is 20.3. The van der Waals surface area contributed by atoms with Gasteiger partial charge in [-0.05, 0) is 67.3 Å². The van der Waals surface area contributed by atoms with E-state index in [9.17, 15) is 19.2 Å². The molecule has 13 heteroatoms. The number of hydrogen-bond acceptors (Lipinski definition) is 10. The van der Waals surface area contributed by atoms with Gasteiger partial charge < -0.3 is 19.7 Å². The van der Waals surface area contributed by atoms with Crippen molar-refractivity contribution in [3.8, 4) is 0 Å². The lowest BCUT2D eigenvalue weighted by Crippen LogP contribution is -2.47. The normalized spacial score (nSPS) is 19.6. The van der Waals surface area contributed by atoms with Crippen molar-refractivity contribution in [2.24, 2.45) is 4.99 Å². The fraction of sp³-hybridized carbons (Fsp3) is 0.366. The number of benzene rings is 2. The SMILES string of the molecule is CC.CC/C=C(\C=C/CC1SC(=Nc2ccc(N3CCOCC3)cc2)N(Cc2ccccn2)C1=O)NC(=O)[C@@H]1CCC(=O)N1C(=O)OCc1ccccc1. The highest BCUT2D eigenvalue weighted by Crippen LogP contribution is 2.33. The van der Waals surface area contributed by atoms with Crippen LogP contribution in [0.15, 0.2) is 108 Å². The van der Waals surface area contributed by atoms with Gasteiger partial charge in [0.25, 0.3) is 0 Å². The summed E-state index contributed by atoms with van der Waals surface area (Å²) in [5.74, 6) is -1.01. The zero-order valence-corrected chi connectivity index (χ0v) is 31.9. The van der Waals surface area contributed by atoms with E-state index in [1.54, 1.807) is 17.2 Å². The highest BCUT2D eigenvalue weighted by atomic mass is 32.2. The summed E-state index contributed by atoms with van der Waals surface area (Å²) in [7, 11) is 0. The first kappa shape index (κ1) is 39.9. The minimum atomic E-state index is -0.988. The summed E-state index contributed by atoms with van der Waals surface area (Å²) in [6.07, 6.45) is 7.58. The van der Waals surface area contributed by atoms with Gasteiger partial charge in [-0.25, -0.2) is 14.7 Å². The summed E-state index contributed by atoms with van der Waals surface area (Å²) >= 11 is 1.40. The number of imide groups is 1. The quantitative estimate of drug-likeness (QED) is 0.199. The molecule has 1 N–H and O–H groups in total. The lowest BCUT2D eigenvalue weighted by Gasteiger charge is -2.28. The summed E-state index contributed by atoms with van der Waals surface area (Å²) in [4.78, 5) is 66.9. The average molecular weight is 753 g/mol. The fourth-order valence-corrected chi connectivity index (χ4v) is 7.22. The molecule has 2 atom stereocenters. The van der Waals surface area contributed by atoms with E-state index in [1.165, 1.54) is 11.8 Å². The minimum Gasteiger partial charge on any atom is -0.444 e. The second-order valence-corrected chi connectivity index (χ2v) is 13.6. The summed E-state index contributed by atoms with van der Waals surface area (Å²) in [6, 6.07) is 21.8. The Morgan fingerprint density at radius 1 is 1.02 bits per heavy atom. The van der Waals surface area contributed by atoms with Crippen molar-refractivity contribution in [3.05, 3.63) is 114 Å². The molecule has 4 amide bonds. The molecule has 3 aliphatic heterocycles. The van der Waals surface area contributed by atoms with Gasteiger partial charge in [-0.1, -0.05) is 81.1 Å². The third kappa shape index (κ3) is 10.7. The number of aromatic nitrogens is 1. The number of allylic oxidation sites excluding steroid dienone is 3. The number of ether oxygens (including phenoxy) is 2. The molecule has 3 aromatic rings. The Kier molecular flexibility index (Phi) is 15.0. The maximum Gasteiger partial charge on any atom is 0.417 e. The van der Waals surface area contributed by atoms with E-state index in [0.717, 1.165) is 40.6 Å². The molecule has 1 unspecified atom stereocenters. The van der Waals surface area contributed by atoms with Gasteiger partial charge in [0.1, 0.15) is 12.6 Å². The van der Waals surface area contributed by atoms with E-state index < -0.39 is 29.2 Å². The number of amides is 4. The van der Waals surface area contributed by atoms with Gasteiger partial charge in [-0.3, -0.25) is 24.3 Å². The number of pyridine rings is 1. The molecule has 2 aromatic carbocycles. The Balaban J connectivity index is 0.00000276. The number of nitrogens with zero attached hydrogens (tertiary/aromatic N) is 5. The highest BCUT2D eigenvalue weighted by molar-refractivity contribution is 8.15. The van der Waals surface area contributed by atoms with Crippen LogP contribution in [0, 0.1) is 0 Å². The average Bonchev–Trinajstić information content (AvgIpc) is 3.74. The Morgan fingerprint density at radius 3 is 2.46 bits per heavy atom. The molecular formula is C41H48N6O6S. The Hall–Kier alpha value is -5.27. The Labute approximate surface area is 321 Å². The van der Waals surface area contributed by atoms with Gasteiger partial charge in [-0.15, -0.1) is 0 Å². The van der Waals surface area contributed by atoms with Crippen LogP contribution in [0.5, 0.6) is 0 Å². The molecule has 0 spiro atoms. The minimum absolute atomic E-state index is 0.00760. The molecule has 4 heterocycles. The molecule has 0 bridgehead atoms. The van der Waals surface area contributed by atoms with Gasteiger partial charge in [0.05, 0.1) is 36.4 Å². The van der Waals surface area contributed by atoms with E-state index in [4.69, 9.17) is 14.5 Å². The van der Waals surface area contributed by atoms with Crippen molar-refractivity contribution in [2.45, 2.75) is 70.9 Å². The van der Waals surface area contributed by atoms with Crippen molar-refractivity contribution in [3.63, 3.8) is 0 Å². The summed E-state index contributed by atoms with van der Waals surface area (Å²) in [5.41, 5.74) is 3.89. The Bertz CT molecular complexity index is 1810. The molecule has 3 aliphatic rings. The molecular weight excluding hydrogens is 705 g/mol. The molecule has 1 aromatic heterocycles. The van der Waals surface area contributed by atoms with Crippen LogP contribution < -0.4 is 10.2 Å². The zero-order valence-electron chi connectivity index (χ0n) is 31.1. The summed E-state index contributed by atoms with van der Waals surface area (Å²) in [5, 5.41) is 3.03. The van der Waals surface area contributed by atoms with Gasteiger partial charge >= 0.3 is 6.09 Å². The van der Waals surface area contributed by atoms with Crippen LogP contribution >= 0.6 is 11.8 Å². The van der Waals surface area contributed by atoms with E-state index >= 15 is 0 Å². The number of thioether (sulfide) groups is 1. The predicted octanol–water partition coefficient (Wildman–Crippen LogP) is 6.76. The van der Waals surface area contributed by atoms with E-state index in [-0.39, 0.29) is 25.4 Å². The van der Waals surface area contributed by atoms with Crippen molar-refractivity contribution in [1.82, 2.24) is 20.1 Å². The van der Waals surface area contributed by atoms with Crippen LogP contribution in [0.4, 0.5) is 16.2 Å². The largest absolute Gasteiger partial charge is 0.444 e. The third-order valence-corrected chi connectivity index (χ3v) is 9.97. The lowest BCUT2D eigenvalue weighted by molar-refractivity contribution is -0.133. The molecule has 0 saturated carbocycles. The number of carbonyl (C=O) groups excluding carboxylic acids is 4. The number of anilines is 1. The van der Waals surface area contributed by atoms with Crippen LogP contribution in [0.3, 0.4) is 0 Å². The Morgan fingerprint density at radius 2 is 1.76 bits per heavy atom. The second-order valence-electron chi connectivity index (χ2n) is 12.4. The van der Waals surface area contributed by atoms with Crippen LogP contribution in [0.1, 0.15) is 57.7 Å². The van der Waals surface area contributed by atoms with E-state index in [0.29, 0.717) is 43.5 Å². The number of hydrogen-bond donors (Lipinski definition) is 1. The number of carbonyl (C=O) groups is 4. The summed E-state index contributed by atoms with van der Waals surface area (Å²) < 4.78 is 10.8. The smallest absolute Gasteiger partial charge is 0.417 e. The van der Waals surface area contributed by atoms with Crippen LogP contribution in [0.2, 0.25) is 0 Å². The topological polar surface area (TPSA) is 134 Å². The maximum absolute atomic E-state index is 13.8. The molecule has 3 saturated heterocycles. The number of aliphatic imine (C=N–C) groups is 1. The number of amidine groups is 1.